The summed E-state index contributed by atoms with van der Waals surface area (Å²) in [6, 6.07) is 8.00. The predicted octanol–water partition coefficient (Wildman–Crippen LogP) is 3.36. The quantitative estimate of drug-likeness (QED) is 0.701. The fraction of sp³-hybridized carbons (Fsp3) is 0.409. The SMILES string of the molecule is Cc1ccn2ccnc2c1C(=O)N1CC2CCC1CC2COc1ccccn1. The first-order valence-corrected chi connectivity index (χ1v) is 9.98. The molecule has 1 aliphatic carbocycles. The normalized spacial score (nSPS) is 23.9. The first-order valence-electron chi connectivity index (χ1n) is 9.98. The summed E-state index contributed by atoms with van der Waals surface area (Å²) in [6.45, 7) is 3.48. The van der Waals surface area contributed by atoms with Crippen LogP contribution in [0.2, 0.25) is 0 Å². The third kappa shape index (κ3) is 2.93. The molecule has 3 unspecified atom stereocenters. The van der Waals surface area contributed by atoms with E-state index in [1.54, 1.807) is 12.4 Å². The minimum Gasteiger partial charge on any atom is -0.477 e. The Morgan fingerprint density at radius 2 is 2.11 bits per heavy atom. The third-order valence-corrected chi connectivity index (χ3v) is 6.31. The van der Waals surface area contributed by atoms with Crippen molar-refractivity contribution < 1.29 is 9.53 Å². The molecule has 3 aliphatic rings. The molecule has 6 rings (SSSR count). The van der Waals surface area contributed by atoms with Crippen molar-refractivity contribution in [1.29, 1.82) is 0 Å². The predicted molar refractivity (Wildman–Crippen MR) is 105 cm³/mol. The number of carbonyl (C=O) groups is 1. The molecule has 0 aromatic carbocycles. The van der Waals surface area contributed by atoms with Crippen molar-refractivity contribution in [3.63, 3.8) is 0 Å². The molecule has 28 heavy (non-hydrogen) atoms. The molecule has 1 saturated carbocycles. The zero-order chi connectivity index (χ0) is 19.1. The average molecular weight is 376 g/mol. The number of pyridine rings is 2. The number of amides is 1. The molecule has 2 saturated heterocycles. The Hall–Kier alpha value is -2.89. The van der Waals surface area contributed by atoms with Crippen LogP contribution in [0.3, 0.4) is 0 Å². The topological polar surface area (TPSA) is 59.7 Å². The third-order valence-electron chi connectivity index (χ3n) is 6.31. The van der Waals surface area contributed by atoms with E-state index < -0.39 is 0 Å². The Bertz CT molecular complexity index is 1000. The molecule has 3 atom stereocenters. The Morgan fingerprint density at radius 3 is 2.89 bits per heavy atom. The molecule has 0 N–H and O–H groups in total. The molecule has 6 heteroatoms. The highest BCUT2D eigenvalue weighted by atomic mass is 16.5. The van der Waals surface area contributed by atoms with Crippen molar-refractivity contribution >= 4 is 11.6 Å². The Kier molecular flexibility index (Phi) is 4.26. The number of carbonyl (C=O) groups excluding carboxylic acids is 1. The molecule has 2 bridgehead atoms. The van der Waals surface area contributed by atoms with E-state index in [4.69, 9.17) is 4.74 Å². The molecule has 0 spiro atoms. The van der Waals surface area contributed by atoms with Gasteiger partial charge in [-0.3, -0.25) is 4.79 Å². The summed E-state index contributed by atoms with van der Waals surface area (Å²) in [4.78, 5) is 24.2. The number of nitrogens with zero attached hydrogens (tertiary/aromatic N) is 4. The lowest BCUT2D eigenvalue weighted by Gasteiger charge is -2.49. The van der Waals surface area contributed by atoms with Gasteiger partial charge in [-0.25, -0.2) is 9.97 Å². The van der Waals surface area contributed by atoms with Gasteiger partial charge < -0.3 is 14.0 Å². The molecule has 0 radical (unpaired) electrons. The zero-order valence-corrected chi connectivity index (χ0v) is 16.0. The summed E-state index contributed by atoms with van der Waals surface area (Å²) in [5.41, 5.74) is 2.48. The zero-order valence-electron chi connectivity index (χ0n) is 16.0. The lowest BCUT2D eigenvalue weighted by molar-refractivity contribution is -0.00468. The largest absolute Gasteiger partial charge is 0.477 e. The maximum Gasteiger partial charge on any atom is 0.258 e. The molecular weight excluding hydrogens is 352 g/mol. The number of ether oxygens (including phenoxy) is 1. The second-order valence-corrected chi connectivity index (χ2v) is 7.96. The van der Waals surface area contributed by atoms with Gasteiger partial charge in [-0.1, -0.05) is 6.07 Å². The van der Waals surface area contributed by atoms with Crippen LogP contribution in [0.4, 0.5) is 0 Å². The van der Waals surface area contributed by atoms with Gasteiger partial charge in [-0.2, -0.15) is 0 Å². The summed E-state index contributed by atoms with van der Waals surface area (Å²) in [6.07, 6.45) is 10.6. The van der Waals surface area contributed by atoms with Crippen LogP contribution in [-0.4, -0.2) is 44.4 Å². The maximum atomic E-state index is 13.4. The van der Waals surface area contributed by atoms with Crippen LogP contribution < -0.4 is 4.74 Å². The van der Waals surface area contributed by atoms with E-state index in [2.05, 4.69) is 14.9 Å². The first-order chi connectivity index (χ1) is 13.7. The van der Waals surface area contributed by atoms with E-state index in [1.165, 1.54) is 0 Å². The number of aryl methyl sites for hydroxylation is 1. The van der Waals surface area contributed by atoms with E-state index in [9.17, 15) is 4.79 Å². The van der Waals surface area contributed by atoms with E-state index in [1.807, 2.05) is 48.0 Å². The van der Waals surface area contributed by atoms with Gasteiger partial charge in [0.1, 0.15) is 5.65 Å². The number of rotatable bonds is 4. The molecule has 5 heterocycles. The van der Waals surface area contributed by atoms with Crippen LogP contribution in [0.5, 0.6) is 5.88 Å². The van der Waals surface area contributed by atoms with E-state index in [0.717, 1.165) is 42.6 Å². The van der Waals surface area contributed by atoms with Gasteiger partial charge in [0.25, 0.3) is 5.91 Å². The summed E-state index contributed by atoms with van der Waals surface area (Å²) >= 11 is 0. The van der Waals surface area contributed by atoms with Gasteiger partial charge in [0.2, 0.25) is 5.88 Å². The second-order valence-electron chi connectivity index (χ2n) is 7.96. The lowest BCUT2D eigenvalue weighted by atomic mass is 9.72. The van der Waals surface area contributed by atoms with Gasteiger partial charge in [0.05, 0.1) is 12.2 Å². The number of hydrogen-bond acceptors (Lipinski definition) is 4. The van der Waals surface area contributed by atoms with Crippen molar-refractivity contribution in [2.24, 2.45) is 11.8 Å². The van der Waals surface area contributed by atoms with Crippen molar-refractivity contribution in [3.05, 3.63) is 60.2 Å². The lowest BCUT2D eigenvalue weighted by Crippen LogP contribution is -2.55. The van der Waals surface area contributed by atoms with Crippen LogP contribution in [0.15, 0.2) is 49.1 Å². The van der Waals surface area contributed by atoms with Gasteiger partial charge >= 0.3 is 0 Å². The number of imidazole rings is 1. The van der Waals surface area contributed by atoms with Crippen molar-refractivity contribution in [1.82, 2.24) is 19.3 Å². The highest BCUT2D eigenvalue weighted by Gasteiger charge is 2.43. The molecule has 2 aliphatic heterocycles. The van der Waals surface area contributed by atoms with E-state index in [-0.39, 0.29) is 11.9 Å². The summed E-state index contributed by atoms with van der Waals surface area (Å²) < 4.78 is 7.84. The minimum absolute atomic E-state index is 0.119. The smallest absolute Gasteiger partial charge is 0.258 e. The monoisotopic (exact) mass is 376 g/mol. The van der Waals surface area contributed by atoms with Crippen molar-refractivity contribution in [3.8, 4) is 5.88 Å². The standard InChI is InChI=1S/C22H24N4O2/c1-15-7-10-25-11-9-24-21(25)20(15)22(27)26-13-16-5-6-18(26)12-17(16)14-28-19-4-2-3-8-23-19/h2-4,7-11,16-18H,5-6,12-14H2,1H3. The molecule has 3 aromatic rings. The van der Waals surface area contributed by atoms with Crippen molar-refractivity contribution in [2.45, 2.75) is 32.2 Å². The Labute approximate surface area is 164 Å². The molecule has 144 valence electrons. The van der Waals surface area contributed by atoms with Crippen LogP contribution in [0.1, 0.15) is 35.2 Å². The second kappa shape index (κ2) is 6.93. The number of aromatic nitrogens is 3. The summed E-state index contributed by atoms with van der Waals surface area (Å²) in [7, 11) is 0. The highest BCUT2D eigenvalue weighted by molar-refractivity contribution is 6.01. The molecular formula is C22H24N4O2. The maximum absolute atomic E-state index is 13.4. The fourth-order valence-corrected chi connectivity index (χ4v) is 4.79. The Balaban J connectivity index is 1.33. The van der Waals surface area contributed by atoms with Gasteiger partial charge in [0.15, 0.2) is 0 Å². The summed E-state index contributed by atoms with van der Waals surface area (Å²) in [5.74, 6) is 1.76. The van der Waals surface area contributed by atoms with Crippen LogP contribution in [0.25, 0.3) is 5.65 Å². The molecule has 1 amide bonds. The van der Waals surface area contributed by atoms with Crippen LogP contribution in [0, 0.1) is 18.8 Å². The van der Waals surface area contributed by atoms with Gasteiger partial charge in [-0.15, -0.1) is 0 Å². The fourth-order valence-electron chi connectivity index (χ4n) is 4.79. The number of hydrogen-bond donors (Lipinski definition) is 0. The number of fused-ring (bicyclic) bond motifs is 4. The molecule has 3 fully saturated rings. The molecule has 3 aromatic heterocycles. The average Bonchev–Trinajstić information content (AvgIpc) is 3.21. The first kappa shape index (κ1) is 17.2. The summed E-state index contributed by atoms with van der Waals surface area (Å²) in [5, 5.41) is 0. The van der Waals surface area contributed by atoms with Crippen molar-refractivity contribution in [2.75, 3.05) is 13.2 Å². The van der Waals surface area contributed by atoms with Gasteiger partial charge in [-0.05, 0) is 55.7 Å². The Morgan fingerprint density at radius 1 is 1.18 bits per heavy atom. The van der Waals surface area contributed by atoms with Crippen LogP contribution in [-0.2, 0) is 0 Å². The van der Waals surface area contributed by atoms with E-state index >= 15 is 0 Å². The minimum atomic E-state index is 0.119. The van der Waals surface area contributed by atoms with E-state index in [0.29, 0.717) is 24.3 Å². The van der Waals surface area contributed by atoms with Gasteiger partial charge in [0, 0.05) is 43.4 Å². The highest BCUT2D eigenvalue weighted by Crippen LogP contribution is 2.40. The molecule has 6 nitrogen and oxygen atoms in total. The van der Waals surface area contributed by atoms with Crippen LogP contribution >= 0.6 is 0 Å². The number of piperidine rings is 2.